The van der Waals surface area contributed by atoms with Crippen molar-refractivity contribution in [3.8, 4) is 17.0 Å². The van der Waals surface area contributed by atoms with Crippen molar-refractivity contribution >= 4 is 29.1 Å². The van der Waals surface area contributed by atoms with E-state index in [0.29, 0.717) is 19.1 Å². The number of benzene rings is 2. The quantitative estimate of drug-likeness (QED) is 0.248. The van der Waals surface area contributed by atoms with Gasteiger partial charge < -0.3 is 25.6 Å². The smallest absolute Gasteiger partial charge is 0.243 e. The molecule has 2 aromatic carbocycles. The fourth-order valence-corrected chi connectivity index (χ4v) is 5.74. The van der Waals surface area contributed by atoms with Crippen LogP contribution in [0.3, 0.4) is 0 Å². The maximum atomic E-state index is 13.4. The lowest BCUT2D eigenvalue weighted by Gasteiger charge is -2.28. The number of carbonyl (C=O) groups is 2. The number of hydrogen-bond acceptors (Lipinski definition) is 8. The van der Waals surface area contributed by atoms with Gasteiger partial charge >= 0.3 is 0 Å². The Morgan fingerprint density at radius 1 is 1.09 bits per heavy atom. The molecular weight excluding hydrogens is 578 g/mol. The van der Waals surface area contributed by atoms with Crippen LogP contribution in [0.4, 0.5) is 17.3 Å². The second-order valence-corrected chi connectivity index (χ2v) is 12.4. The standard InChI is InChI=1S/C36H45N7O3/c1-42(2)18-8-11-34(44)38-29-14-12-27(13-15-29)35(45)39-30-21-26-22-31(24-30)40-36-37-17-16-33(41-36)28-9-7-10-32(23-28)46-20-6-4-5-19-43(3)25-26/h4-5,7-11,16-17,21-24,27,29H,6,12-15,18-20,25H2,1-3H3,(H,38,44)(H,39,45)(H,37,40,41)/b5-4+,11-8+. The molecular formula is C36H45N7O3. The summed E-state index contributed by atoms with van der Waals surface area (Å²) in [5.41, 5.74) is 4.30. The maximum Gasteiger partial charge on any atom is 0.243 e. The zero-order chi connectivity index (χ0) is 32.3. The molecule has 6 bridgehead atoms. The Hall–Kier alpha value is -4.54. The molecule has 0 radical (unpaired) electrons. The van der Waals surface area contributed by atoms with E-state index in [-0.39, 0.29) is 23.8 Å². The molecule has 0 unspecified atom stereocenters. The summed E-state index contributed by atoms with van der Waals surface area (Å²) < 4.78 is 5.97. The first kappa shape index (κ1) is 32.8. The molecule has 242 valence electrons. The minimum atomic E-state index is -0.108. The molecule has 2 amide bonds. The molecule has 46 heavy (non-hydrogen) atoms. The van der Waals surface area contributed by atoms with E-state index in [1.165, 1.54) is 0 Å². The Bertz CT molecular complexity index is 1550. The summed E-state index contributed by atoms with van der Waals surface area (Å²) >= 11 is 0. The van der Waals surface area contributed by atoms with E-state index in [9.17, 15) is 9.59 Å². The van der Waals surface area contributed by atoms with Crippen LogP contribution in [-0.4, -0.2) is 78.5 Å². The molecule has 10 heteroatoms. The summed E-state index contributed by atoms with van der Waals surface area (Å²) in [6.07, 6.45) is 13.3. The fraction of sp³-hybridized carbons (Fsp3) is 0.389. The first-order chi connectivity index (χ1) is 22.3. The molecule has 0 spiro atoms. The van der Waals surface area contributed by atoms with Crippen molar-refractivity contribution in [2.45, 2.75) is 44.7 Å². The molecule has 1 aliphatic heterocycles. The van der Waals surface area contributed by atoms with E-state index in [0.717, 1.165) is 79.1 Å². The largest absolute Gasteiger partial charge is 0.493 e. The van der Waals surface area contributed by atoms with Crippen molar-refractivity contribution in [1.29, 1.82) is 0 Å². The van der Waals surface area contributed by atoms with Gasteiger partial charge in [0, 0.05) is 60.8 Å². The maximum absolute atomic E-state index is 13.4. The van der Waals surface area contributed by atoms with E-state index in [1.54, 1.807) is 12.3 Å². The molecule has 2 aliphatic rings. The number of nitrogens with one attached hydrogen (secondary N) is 3. The van der Waals surface area contributed by atoms with Gasteiger partial charge in [0.25, 0.3) is 0 Å². The van der Waals surface area contributed by atoms with Crippen molar-refractivity contribution in [2.75, 3.05) is 51.5 Å². The number of fused-ring (bicyclic) bond motifs is 7. The van der Waals surface area contributed by atoms with E-state index in [1.807, 2.05) is 67.5 Å². The first-order valence-electron chi connectivity index (χ1n) is 16.0. The van der Waals surface area contributed by atoms with Crippen molar-refractivity contribution in [3.63, 3.8) is 0 Å². The average molecular weight is 624 g/mol. The van der Waals surface area contributed by atoms with Gasteiger partial charge in [-0.1, -0.05) is 30.4 Å². The van der Waals surface area contributed by atoms with Gasteiger partial charge in [0.1, 0.15) is 5.75 Å². The molecule has 1 aliphatic carbocycles. The van der Waals surface area contributed by atoms with Crippen LogP contribution >= 0.6 is 0 Å². The third kappa shape index (κ3) is 9.98. The number of carbonyl (C=O) groups excluding carboxylic acids is 2. The number of ether oxygens (including phenoxy) is 1. The van der Waals surface area contributed by atoms with E-state index >= 15 is 0 Å². The molecule has 1 aromatic heterocycles. The van der Waals surface area contributed by atoms with E-state index in [2.05, 4.69) is 51.1 Å². The highest BCUT2D eigenvalue weighted by Gasteiger charge is 2.27. The Balaban J connectivity index is 1.29. The fourth-order valence-electron chi connectivity index (χ4n) is 5.74. The lowest BCUT2D eigenvalue weighted by molar-refractivity contribution is -0.121. The van der Waals surface area contributed by atoms with Crippen molar-refractivity contribution < 1.29 is 14.3 Å². The van der Waals surface area contributed by atoms with Crippen LogP contribution in [0, 0.1) is 5.92 Å². The second-order valence-electron chi connectivity index (χ2n) is 12.4. The number of likely N-dealkylation sites (N-methyl/N-ethyl adjacent to an activating group) is 2. The Labute approximate surface area is 271 Å². The van der Waals surface area contributed by atoms with Crippen LogP contribution in [0.5, 0.6) is 5.75 Å². The number of amides is 2. The van der Waals surface area contributed by atoms with Gasteiger partial charge in [-0.05, 0) is 95.2 Å². The minimum absolute atomic E-state index is 0.00449. The predicted octanol–water partition coefficient (Wildman–Crippen LogP) is 5.39. The summed E-state index contributed by atoms with van der Waals surface area (Å²) in [4.78, 5) is 39.2. The van der Waals surface area contributed by atoms with Crippen molar-refractivity contribution in [3.05, 3.63) is 84.6 Å². The van der Waals surface area contributed by atoms with E-state index < -0.39 is 0 Å². The molecule has 10 nitrogen and oxygen atoms in total. The van der Waals surface area contributed by atoms with Gasteiger partial charge in [-0.25, -0.2) is 9.97 Å². The monoisotopic (exact) mass is 623 g/mol. The minimum Gasteiger partial charge on any atom is -0.493 e. The highest BCUT2D eigenvalue weighted by molar-refractivity contribution is 5.93. The van der Waals surface area contributed by atoms with Crippen LogP contribution in [0.15, 0.2) is 79.0 Å². The summed E-state index contributed by atoms with van der Waals surface area (Å²) in [7, 11) is 6.00. The van der Waals surface area contributed by atoms with Gasteiger partial charge in [0.2, 0.25) is 17.8 Å². The zero-order valence-electron chi connectivity index (χ0n) is 27.0. The van der Waals surface area contributed by atoms with Gasteiger partial charge in [-0.3, -0.25) is 14.5 Å². The Morgan fingerprint density at radius 3 is 2.76 bits per heavy atom. The predicted molar refractivity (Wildman–Crippen MR) is 183 cm³/mol. The Morgan fingerprint density at radius 2 is 1.93 bits per heavy atom. The molecule has 1 saturated carbocycles. The molecule has 1 fully saturated rings. The highest BCUT2D eigenvalue weighted by Crippen LogP contribution is 2.29. The third-order valence-electron chi connectivity index (χ3n) is 8.08. The van der Waals surface area contributed by atoms with Gasteiger partial charge in [0.05, 0.1) is 12.3 Å². The van der Waals surface area contributed by atoms with Crippen molar-refractivity contribution in [1.82, 2.24) is 25.1 Å². The highest BCUT2D eigenvalue weighted by atomic mass is 16.5. The SMILES string of the molecule is CN(C)C/C=C/C(=O)NC1CCC(C(=O)Nc2cc3cc(c2)Nc2nccc(n2)-c2cccc(c2)OCC/C=C/CN(C)C3)CC1. The lowest BCUT2D eigenvalue weighted by atomic mass is 9.85. The second kappa shape index (κ2) is 16.1. The van der Waals surface area contributed by atoms with Crippen LogP contribution in [-0.2, 0) is 16.1 Å². The molecule has 3 N–H and O–H groups in total. The molecule has 2 heterocycles. The van der Waals surface area contributed by atoms with Gasteiger partial charge in [-0.15, -0.1) is 0 Å². The van der Waals surface area contributed by atoms with Gasteiger partial charge in [-0.2, -0.15) is 0 Å². The van der Waals surface area contributed by atoms with Crippen LogP contribution in [0.2, 0.25) is 0 Å². The number of hydrogen-bond donors (Lipinski definition) is 3. The Kier molecular flexibility index (Phi) is 11.5. The van der Waals surface area contributed by atoms with Crippen LogP contribution in [0.1, 0.15) is 37.7 Å². The molecule has 0 saturated heterocycles. The third-order valence-corrected chi connectivity index (χ3v) is 8.08. The van der Waals surface area contributed by atoms with E-state index in [4.69, 9.17) is 9.72 Å². The summed E-state index contributed by atoms with van der Waals surface area (Å²) in [6, 6.07) is 15.9. The van der Waals surface area contributed by atoms with Crippen molar-refractivity contribution in [2.24, 2.45) is 5.92 Å². The summed E-state index contributed by atoms with van der Waals surface area (Å²) in [5.74, 6) is 1.09. The normalized spacial score (nSPS) is 19.7. The summed E-state index contributed by atoms with van der Waals surface area (Å²) in [6.45, 7) is 2.79. The number of rotatable bonds is 6. The van der Waals surface area contributed by atoms with Crippen LogP contribution < -0.4 is 20.7 Å². The molecule has 3 aromatic rings. The first-order valence-corrected chi connectivity index (χ1v) is 16.0. The number of anilines is 3. The van der Waals surface area contributed by atoms with Gasteiger partial charge in [0.15, 0.2) is 0 Å². The topological polar surface area (TPSA) is 112 Å². The summed E-state index contributed by atoms with van der Waals surface area (Å²) in [5, 5.41) is 9.63. The lowest BCUT2D eigenvalue weighted by Crippen LogP contribution is -2.39. The molecule has 0 atom stereocenters. The number of aromatic nitrogens is 2. The molecule has 5 rings (SSSR count). The average Bonchev–Trinajstić information content (AvgIpc) is 3.02. The van der Waals surface area contributed by atoms with Crippen LogP contribution in [0.25, 0.3) is 11.3 Å². The zero-order valence-corrected chi connectivity index (χ0v) is 27.0. The number of nitrogens with zero attached hydrogens (tertiary/aromatic N) is 4.